The Bertz CT molecular complexity index is 912. The number of anilines is 2. The van der Waals surface area contributed by atoms with Gasteiger partial charge in [-0.1, -0.05) is 6.07 Å². The Labute approximate surface area is 141 Å². The van der Waals surface area contributed by atoms with Crippen molar-refractivity contribution >= 4 is 22.4 Å². The summed E-state index contributed by atoms with van der Waals surface area (Å²) in [4.78, 5) is 4.73. The maximum atomic E-state index is 4.73. The Balaban J connectivity index is 1.62. The van der Waals surface area contributed by atoms with Crippen LogP contribution < -0.4 is 10.6 Å². The Morgan fingerprint density at radius 1 is 1.25 bits per heavy atom. The van der Waals surface area contributed by atoms with E-state index in [9.17, 15) is 0 Å². The van der Waals surface area contributed by atoms with Crippen molar-refractivity contribution in [3.8, 4) is 0 Å². The van der Waals surface area contributed by atoms with E-state index in [1.807, 2.05) is 6.92 Å². The van der Waals surface area contributed by atoms with E-state index in [4.69, 9.17) is 4.98 Å². The van der Waals surface area contributed by atoms with Crippen LogP contribution in [0.2, 0.25) is 0 Å². The minimum absolute atomic E-state index is 0.635. The quantitative estimate of drug-likeness (QED) is 0.776. The first-order valence-corrected chi connectivity index (χ1v) is 8.39. The predicted molar refractivity (Wildman–Crippen MR) is 96.4 cm³/mol. The van der Waals surface area contributed by atoms with E-state index in [2.05, 4.69) is 57.7 Å². The maximum Gasteiger partial charge on any atom is 0.158 e. The minimum Gasteiger partial charge on any atom is -0.370 e. The molecule has 0 bridgehead atoms. The summed E-state index contributed by atoms with van der Waals surface area (Å²) in [6.45, 7) is 5.74. The van der Waals surface area contributed by atoms with E-state index in [1.54, 1.807) is 0 Å². The molecule has 0 spiro atoms. The van der Waals surface area contributed by atoms with E-state index in [0.717, 1.165) is 46.8 Å². The molecule has 3 aromatic heterocycles. The second kappa shape index (κ2) is 5.78. The lowest BCUT2D eigenvalue weighted by molar-refractivity contribution is 0.811. The second-order valence-electron chi connectivity index (χ2n) is 6.44. The van der Waals surface area contributed by atoms with Crippen LogP contribution in [0.1, 0.15) is 29.1 Å². The smallest absolute Gasteiger partial charge is 0.158 e. The molecule has 0 fully saturated rings. The van der Waals surface area contributed by atoms with Gasteiger partial charge in [0.2, 0.25) is 0 Å². The van der Waals surface area contributed by atoms with Gasteiger partial charge >= 0.3 is 0 Å². The van der Waals surface area contributed by atoms with Crippen molar-refractivity contribution < 1.29 is 0 Å². The lowest BCUT2D eigenvalue weighted by Gasteiger charge is -2.17. The van der Waals surface area contributed by atoms with Crippen molar-refractivity contribution in [1.82, 2.24) is 19.7 Å². The summed E-state index contributed by atoms with van der Waals surface area (Å²) in [6, 6.07) is 4.27. The van der Waals surface area contributed by atoms with Crippen molar-refractivity contribution in [3.63, 3.8) is 0 Å². The highest BCUT2D eigenvalue weighted by Crippen LogP contribution is 2.28. The molecule has 6 heteroatoms. The summed E-state index contributed by atoms with van der Waals surface area (Å²) < 4.78 is 2.12. The van der Waals surface area contributed by atoms with Crippen LogP contribution in [0.4, 0.5) is 11.6 Å². The number of aromatic nitrogens is 4. The van der Waals surface area contributed by atoms with E-state index in [0.29, 0.717) is 6.54 Å². The first kappa shape index (κ1) is 14.9. The van der Waals surface area contributed by atoms with Gasteiger partial charge in [0.1, 0.15) is 5.82 Å². The van der Waals surface area contributed by atoms with Crippen LogP contribution >= 0.6 is 0 Å². The summed E-state index contributed by atoms with van der Waals surface area (Å²) in [5.41, 5.74) is 4.45. The molecule has 0 unspecified atom stereocenters. The van der Waals surface area contributed by atoms with Gasteiger partial charge in [-0.05, 0) is 38.3 Å². The van der Waals surface area contributed by atoms with Gasteiger partial charge in [-0.3, -0.25) is 0 Å². The standard InChI is InChI=1S/C18H22N6/c1-11-15-10-24(3)12(2)16(15)18(23-22-11)20-9-14-7-6-13-5-4-8-19-17(13)21-14/h6-7,10H,4-5,8-9H2,1-3H3,(H,19,21)(H,20,23). The lowest BCUT2D eigenvalue weighted by Crippen LogP contribution is -2.15. The number of hydrogen-bond acceptors (Lipinski definition) is 5. The zero-order valence-electron chi connectivity index (χ0n) is 14.3. The molecule has 24 heavy (non-hydrogen) atoms. The number of rotatable bonds is 3. The summed E-state index contributed by atoms with van der Waals surface area (Å²) in [5, 5.41) is 17.7. The molecule has 0 saturated heterocycles. The molecular weight excluding hydrogens is 300 g/mol. The van der Waals surface area contributed by atoms with Crippen molar-refractivity contribution in [2.75, 3.05) is 17.2 Å². The fourth-order valence-corrected chi connectivity index (χ4v) is 3.29. The van der Waals surface area contributed by atoms with Crippen LogP contribution in [-0.4, -0.2) is 26.3 Å². The van der Waals surface area contributed by atoms with Crippen LogP contribution in [-0.2, 0) is 20.0 Å². The lowest BCUT2D eigenvalue weighted by atomic mass is 10.1. The van der Waals surface area contributed by atoms with E-state index >= 15 is 0 Å². The molecule has 124 valence electrons. The monoisotopic (exact) mass is 322 g/mol. The molecule has 3 aromatic rings. The van der Waals surface area contributed by atoms with Gasteiger partial charge in [0.05, 0.1) is 17.9 Å². The molecular formula is C18H22N6. The average molecular weight is 322 g/mol. The zero-order chi connectivity index (χ0) is 16.7. The molecule has 1 aliphatic rings. The molecule has 0 saturated carbocycles. The highest BCUT2D eigenvalue weighted by atomic mass is 15.2. The van der Waals surface area contributed by atoms with Crippen LogP contribution in [0.15, 0.2) is 18.3 Å². The third kappa shape index (κ3) is 2.48. The Morgan fingerprint density at radius 2 is 2.12 bits per heavy atom. The van der Waals surface area contributed by atoms with Crippen molar-refractivity contribution in [2.24, 2.45) is 7.05 Å². The molecule has 0 aromatic carbocycles. The number of hydrogen-bond donors (Lipinski definition) is 2. The summed E-state index contributed by atoms with van der Waals surface area (Å²) in [6.07, 6.45) is 4.40. The second-order valence-corrected chi connectivity index (χ2v) is 6.44. The van der Waals surface area contributed by atoms with Gasteiger partial charge in [0, 0.05) is 36.3 Å². The van der Waals surface area contributed by atoms with Crippen molar-refractivity contribution in [1.29, 1.82) is 0 Å². The molecule has 0 aliphatic carbocycles. The summed E-state index contributed by atoms with van der Waals surface area (Å²) in [7, 11) is 2.05. The molecule has 4 heterocycles. The average Bonchev–Trinajstić information content (AvgIpc) is 2.91. The largest absolute Gasteiger partial charge is 0.370 e. The molecule has 0 radical (unpaired) electrons. The SMILES string of the molecule is Cc1nnc(NCc2ccc3c(n2)NCCC3)c2c(C)n(C)cc12. The normalized spacial score (nSPS) is 13.6. The van der Waals surface area contributed by atoms with Crippen LogP contribution in [0, 0.1) is 13.8 Å². The first-order chi connectivity index (χ1) is 11.6. The number of aryl methyl sites for hydroxylation is 4. The Morgan fingerprint density at radius 3 is 3.00 bits per heavy atom. The summed E-state index contributed by atoms with van der Waals surface area (Å²) >= 11 is 0. The molecule has 1 aliphatic heterocycles. The predicted octanol–water partition coefficient (Wildman–Crippen LogP) is 2.95. The Hall–Kier alpha value is -2.63. The van der Waals surface area contributed by atoms with Crippen molar-refractivity contribution in [2.45, 2.75) is 33.2 Å². The third-order valence-electron chi connectivity index (χ3n) is 4.80. The molecule has 0 amide bonds. The number of nitrogens with one attached hydrogen (secondary N) is 2. The fraction of sp³-hybridized carbons (Fsp3) is 0.389. The minimum atomic E-state index is 0.635. The molecule has 4 rings (SSSR count). The molecule has 6 nitrogen and oxygen atoms in total. The van der Waals surface area contributed by atoms with Crippen LogP contribution in [0.3, 0.4) is 0 Å². The maximum absolute atomic E-state index is 4.73. The number of pyridine rings is 1. The van der Waals surface area contributed by atoms with Crippen LogP contribution in [0.25, 0.3) is 10.8 Å². The van der Waals surface area contributed by atoms with Crippen LogP contribution in [0.5, 0.6) is 0 Å². The highest BCUT2D eigenvalue weighted by molar-refractivity contribution is 5.95. The summed E-state index contributed by atoms with van der Waals surface area (Å²) in [5.74, 6) is 1.85. The number of fused-ring (bicyclic) bond motifs is 2. The highest BCUT2D eigenvalue weighted by Gasteiger charge is 2.14. The number of nitrogens with zero attached hydrogens (tertiary/aromatic N) is 4. The molecule has 2 N–H and O–H groups in total. The van der Waals surface area contributed by atoms with Gasteiger partial charge < -0.3 is 15.2 Å². The molecule has 0 atom stereocenters. The van der Waals surface area contributed by atoms with Gasteiger partial charge in [-0.2, -0.15) is 5.10 Å². The zero-order valence-corrected chi connectivity index (χ0v) is 14.3. The van der Waals surface area contributed by atoms with E-state index in [1.165, 1.54) is 17.7 Å². The van der Waals surface area contributed by atoms with Gasteiger partial charge in [-0.15, -0.1) is 5.10 Å². The topological polar surface area (TPSA) is 67.7 Å². The third-order valence-corrected chi connectivity index (χ3v) is 4.80. The van der Waals surface area contributed by atoms with Gasteiger partial charge in [-0.25, -0.2) is 4.98 Å². The van der Waals surface area contributed by atoms with Gasteiger partial charge in [0.25, 0.3) is 0 Å². The Kier molecular flexibility index (Phi) is 3.59. The van der Waals surface area contributed by atoms with E-state index < -0.39 is 0 Å². The van der Waals surface area contributed by atoms with Gasteiger partial charge in [0.15, 0.2) is 5.82 Å². The van der Waals surface area contributed by atoms with Crippen molar-refractivity contribution in [3.05, 3.63) is 41.0 Å². The van der Waals surface area contributed by atoms with E-state index in [-0.39, 0.29) is 0 Å². The fourth-order valence-electron chi connectivity index (χ4n) is 3.29. The first-order valence-electron chi connectivity index (χ1n) is 8.39.